The van der Waals surface area contributed by atoms with Crippen LogP contribution < -0.4 is 10.9 Å². The number of amides is 1. The molecule has 0 aromatic heterocycles. The molecule has 2 aromatic carbocycles. The molecule has 0 aliphatic rings. The van der Waals surface area contributed by atoms with E-state index in [0.717, 1.165) is 20.4 Å². The minimum Gasteiger partial charge on any atom is -0.355 e. The highest BCUT2D eigenvalue weighted by molar-refractivity contribution is 14.1. The number of hydrogen-bond donors (Lipinski definition) is 2. The number of carbonyl (C=O) groups excluding carboxylic acids is 1. The van der Waals surface area contributed by atoms with Gasteiger partial charge in [-0.3, -0.25) is 4.79 Å². The van der Waals surface area contributed by atoms with Crippen LogP contribution in [0.25, 0.3) is 0 Å². The molecule has 0 atom stereocenters. The standard InChI is InChI=1S/C14H12FIN2O/c1-9-8-10(16)6-7-12(9)17-13-5-3-2-4-11(13)14(19)18-15/h2-8,17H,1H3,(H,18,19). The normalized spacial score (nSPS) is 10.1. The molecular weight excluding hydrogens is 358 g/mol. The van der Waals surface area contributed by atoms with Crippen LogP contribution in [-0.2, 0) is 0 Å². The molecule has 0 radical (unpaired) electrons. The molecule has 3 nitrogen and oxygen atoms in total. The Balaban J connectivity index is 2.35. The number of halogens is 2. The zero-order valence-electron chi connectivity index (χ0n) is 10.2. The second kappa shape index (κ2) is 6.01. The lowest BCUT2D eigenvalue weighted by Gasteiger charge is -2.12. The Morgan fingerprint density at radius 1 is 1.16 bits per heavy atom. The lowest BCUT2D eigenvalue weighted by atomic mass is 10.1. The van der Waals surface area contributed by atoms with E-state index in [-0.39, 0.29) is 5.56 Å². The summed E-state index contributed by atoms with van der Waals surface area (Å²) >= 11 is 2.23. The maximum absolute atomic E-state index is 12.3. The van der Waals surface area contributed by atoms with Gasteiger partial charge in [0.25, 0.3) is 5.91 Å². The number of rotatable bonds is 3. The quantitative estimate of drug-likeness (QED) is 0.635. The van der Waals surface area contributed by atoms with Crippen LogP contribution in [0.4, 0.5) is 15.9 Å². The van der Waals surface area contributed by atoms with Gasteiger partial charge in [0, 0.05) is 9.26 Å². The van der Waals surface area contributed by atoms with E-state index in [9.17, 15) is 9.28 Å². The molecule has 0 spiro atoms. The highest BCUT2D eigenvalue weighted by Crippen LogP contribution is 2.24. The van der Waals surface area contributed by atoms with Gasteiger partial charge in [-0.25, -0.2) is 0 Å². The number of nitrogens with one attached hydrogen (secondary N) is 2. The first-order valence-electron chi connectivity index (χ1n) is 5.65. The fourth-order valence-corrected chi connectivity index (χ4v) is 2.40. The Morgan fingerprint density at radius 2 is 1.89 bits per heavy atom. The summed E-state index contributed by atoms with van der Waals surface area (Å²) in [4.78, 5) is 11.4. The van der Waals surface area contributed by atoms with Gasteiger partial charge in [0.05, 0.1) is 11.3 Å². The van der Waals surface area contributed by atoms with Gasteiger partial charge in [-0.15, -0.1) is 0 Å². The van der Waals surface area contributed by atoms with Crippen LogP contribution in [-0.4, -0.2) is 5.91 Å². The summed E-state index contributed by atoms with van der Waals surface area (Å²) in [5.41, 5.74) is 3.94. The summed E-state index contributed by atoms with van der Waals surface area (Å²) in [6, 6.07) is 12.7. The van der Waals surface area contributed by atoms with Crippen molar-refractivity contribution in [2.45, 2.75) is 6.92 Å². The summed E-state index contributed by atoms with van der Waals surface area (Å²) in [6.45, 7) is 1.97. The third kappa shape index (κ3) is 3.23. The fraction of sp³-hybridized carbons (Fsp3) is 0.0714. The monoisotopic (exact) mass is 370 g/mol. The molecular formula is C14H12FIN2O. The lowest BCUT2D eigenvalue weighted by molar-refractivity contribution is 0.0860. The molecule has 0 heterocycles. The summed E-state index contributed by atoms with van der Waals surface area (Å²) in [5, 5.41) is 3.15. The SMILES string of the molecule is Cc1cc(I)ccc1Nc1ccccc1C(=O)NF. The average Bonchev–Trinajstić information content (AvgIpc) is 2.41. The zero-order valence-corrected chi connectivity index (χ0v) is 12.4. The molecule has 0 bridgehead atoms. The van der Waals surface area contributed by atoms with Crippen LogP contribution in [0, 0.1) is 10.5 Å². The van der Waals surface area contributed by atoms with E-state index in [1.54, 1.807) is 24.3 Å². The summed E-state index contributed by atoms with van der Waals surface area (Å²) in [6.07, 6.45) is 0. The van der Waals surface area contributed by atoms with Gasteiger partial charge in [0.2, 0.25) is 0 Å². The molecule has 2 rings (SSSR count). The molecule has 0 saturated heterocycles. The molecule has 0 aliphatic heterocycles. The second-order valence-electron chi connectivity index (χ2n) is 4.05. The predicted octanol–water partition coefficient (Wildman–Crippen LogP) is 3.96. The first-order chi connectivity index (χ1) is 9.11. The van der Waals surface area contributed by atoms with E-state index >= 15 is 0 Å². The molecule has 2 aromatic rings. The van der Waals surface area contributed by atoms with E-state index in [4.69, 9.17) is 0 Å². The van der Waals surface area contributed by atoms with Crippen molar-refractivity contribution in [2.75, 3.05) is 5.32 Å². The van der Waals surface area contributed by atoms with Crippen molar-refractivity contribution in [3.05, 3.63) is 57.2 Å². The van der Waals surface area contributed by atoms with E-state index in [2.05, 4.69) is 27.9 Å². The number of para-hydroxylation sites is 1. The smallest absolute Gasteiger partial charge is 0.281 e. The molecule has 5 heteroatoms. The number of benzene rings is 2. The van der Waals surface area contributed by atoms with Gasteiger partial charge in [-0.2, -0.15) is 5.54 Å². The van der Waals surface area contributed by atoms with Gasteiger partial charge < -0.3 is 5.32 Å². The minimum atomic E-state index is -0.758. The van der Waals surface area contributed by atoms with Crippen LogP contribution >= 0.6 is 22.6 Å². The van der Waals surface area contributed by atoms with Crippen molar-refractivity contribution < 1.29 is 9.28 Å². The van der Waals surface area contributed by atoms with Crippen molar-refractivity contribution in [1.29, 1.82) is 0 Å². The van der Waals surface area contributed by atoms with E-state index < -0.39 is 5.91 Å². The van der Waals surface area contributed by atoms with Crippen molar-refractivity contribution in [3.63, 3.8) is 0 Å². The Hall–Kier alpha value is -1.63. The number of aryl methyl sites for hydroxylation is 1. The maximum Gasteiger partial charge on any atom is 0.281 e. The van der Waals surface area contributed by atoms with Crippen molar-refractivity contribution >= 4 is 39.9 Å². The predicted molar refractivity (Wildman–Crippen MR) is 82.2 cm³/mol. The Bertz CT molecular complexity index is 616. The van der Waals surface area contributed by atoms with Crippen LogP contribution in [0.2, 0.25) is 0 Å². The van der Waals surface area contributed by atoms with Crippen LogP contribution in [0.15, 0.2) is 42.5 Å². The molecule has 0 aliphatic carbocycles. The molecule has 0 fully saturated rings. The highest BCUT2D eigenvalue weighted by Gasteiger charge is 2.11. The molecule has 0 unspecified atom stereocenters. The maximum atomic E-state index is 12.3. The van der Waals surface area contributed by atoms with Gasteiger partial charge in [-0.05, 0) is 65.4 Å². The van der Waals surface area contributed by atoms with Gasteiger partial charge >= 0.3 is 0 Å². The number of anilines is 2. The summed E-state index contributed by atoms with van der Waals surface area (Å²) < 4.78 is 13.4. The minimum absolute atomic E-state index is 0.267. The Morgan fingerprint density at radius 3 is 2.58 bits per heavy atom. The second-order valence-corrected chi connectivity index (χ2v) is 5.30. The topological polar surface area (TPSA) is 41.1 Å². The Labute approximate surface area is 124 Å². The number of carbonyl (C=O) groups is 1. The zero-order chi connectivity index (χ0) is 13.8. The third-order valence-corrected chi connectivity index (χ3v) is 3.39. The third-order valence-electron chi connectivity index (χ3n) is 2.72. The first kappa shape index (κ1) is 13.8. The molecule has 2 N–H and O–H groups in total. The van der Waals surface area contributed by atoms with Crippen LogP contribution in [0.3, 0.4) is 0 Å². The van der Waals surface area contributed by atoms with Crippen molar-refractivity contribution in [3.8, 4) is 0 Å². The van der Waals surface area contributed by atoms with Crippen LogP contribution in [0.5, 0.6) is 0 Å². The molecule has 1 amide bonds. The van der Waals surface area contributed by atoms with Crippen LogP contribution in [0.1, 0.15) is 15.9 Å². The lowest BCUT2D eigenvalue weighted by Crippen LogP contribution is -2.15. The first-order valence-corrected chi connectivity index (χ1v) is 6.73. The van der Waals surface area contributed by atoms with E-state index in [0.29, 0.717) is 5.69 Å². The van der Waals surface area contributed by atoms with Gasteiger partial charge in [0.1, 0.15) is 0 Å². The number of hydrogen-bond acceptors (Lipinski definition) is 2. The summed E-state index contributed by atoms with van der Waals surface area (Å²) in [7, 11) is 0. The molecule has 19 heavy (non-hydrogen) atoms. The van der Waals surface area contributed by atoms with Crippen molar-refractivity contribution in [1.82, 2.24) is 5.54 Å². The molecule has 98 valence electrons. The van der Waals surface area contributed by atoms with Crippen molar-refractivity contribution in [2.24, 2.45) is 0 Å². The largest absolute Gasteiger partial charge is 0.355 e. The van der Waals surface area contributed by atoms with E-state index in [1.165, 1.54) is 0 Å². The summed E-state index contributed by atoms with van der Waals surface area (Å²) in [5.74, 6) is -0.758. The average molecular weight is 370 g/mol. The van der Waals surface area contributed by atoms with E-state index in [1.807, 2.05) is 25.1 Å². The van der Waals surface area contributed by atoms with Gasteiger partial charge in [0.15, 0.2) is 0 Å². The van der Waals surface area contributed by atoms with Gasteiger partial charge in [-0.1, -0.05) is 16.6 Å². The fourth-order valence-electron chi connectivity index (χ4n) is 1.75. The molecule has 0 saturated carbocycles. The highest BCUT2D eigenvalue weighted by atomic mass is 127. The Kier molecular flexibility index (Phi) is 4.36.